The van der Waals surface area contributed by atoms with Crippen molar-refractivity contribution in [3.8, 4) is 0 Å². The molecule has 0 radical (unpaired) electrons. The molecule has 3 heteroatoms. The average Bonchev–Trinajstić information content (AvgIpc) is 2.77. The van der Waals surface area contributed by atoms with Crippen molar-refractivity contribution in [3.05, 3.63) is 21.9 Å². The van der Waals surface area contributed by atoms with E-state index in [1.165, 1.54) is 41.9 Å². The Labute approximate surface area is 115 Å². The lowest BCUT2D eigenvalue weighted by atomic mass is 9.75. The number of likely N-dealkylation sites (N-methyl/N-ethyl adjacent to an activating group) is 2. The van der Waals surface area contributed by atoms with Crippen LogP contribution in [0.4, 0.5) is 0 Å². The first-order valence-electron chi connectivity index (χ1n) is 7.01. The highest BCUT2D eigenvalue weighted by Gasteiger charge is 2.42. The van der Waals surface area contributed by atoms with Gasteiger partial charge in [0, 0.05) is 15.3 Å². The monoisotopic (exact) mass is 266 g/mol. The zero-order chi connectivity index (χ0) is 13.2. The molecule has 102 valence electrons. The van der Waals surface area contributed by atoms with Crippen LogP contribution in [0.2, 0.25) is 0 Å². The van der Waals surface area contributed by atoms with Crippen molar-refractivity contribution < 1.29 is 0 Å². The summed E-state index contributed by atoms with van der Waals surface area (Å²) in [6.07, 6.45) is 6.74. The maximum Gasteiger partial charge on any atom is 0.0599 e. The second kappa shape index (κ2) is 5.72. The van der Waals surface area contributed by atoms with E-state index >= 15 is 0 Å². The van der Waals surface area contributed by atoms with Gasteiger partial charge in [0.25, 0.3) is 0 Å². The Bertz CT molecular complexity index is 378. The predicted octanol–water partition coefficient (Wildman–Crippen LogP) is 3.58. The minimum atomic E-state index is 0.296. The second-order valence-electron chi connectivity index (χ2n) is 5.73. The number of hydrogen-bond acceptors (Lipinski definition) is 3. The third-order valence-electron chi connectivity index (χ3n) is 4.48. The molecule has 0 bridgehead atoms. The molecule has 0 spiro atoms. The highest BCUT2D eigenvalue weighted by atomic mass is 32.1. The first kappa shape index (κ1) is 14.0. The van der Waals surface area contributed by atoms with Crippen LogP contribution in [0.5, 0.6) is 0 Å². The summed E-state index contributed by atoms with van der Waals surface area (Å²) in [7, 11) is 6.60. The van der Waals surface area contributed by atoms with Crippen LogP contribution in [0.25, 0.3) is 0 Å². The van der Waals surface area contributed by atoms with Crippen molar-refractivity contribution in [2.24, 2.45) is 0 Å². The standard InChI is InChI=1S/C15H26N2S/c1-12-8-9-13(18-12)14(16-2)15(17(3)4)10-6-5-7-11-15/h8-9,14,16H,5-7,10-11H2,1-4H3. The van der Waals surface area contributed by atoms with Crippen LogP contribution in [0, 0.1) is 6.92 Å². The van der Waals surface area contributed by atoms with Crippen molar-refractivity contribution in [3.63, 3.8) is 0 Å². The van der Waals surface area contributed by atoms with Crippen molar-refractivity contribution >= 4 is 11.3 Å². The smallest absolute Gasteiger partial charge is 0.0599 e. The Balaban J connectivity index is 2.32. The third-order valence-corrected chi connectivity index (χ3v) is 5.55. The van der Waals surface area contributed by atoms with Gasteiger partial charge < -0.3 is 10.2 Å². The Morgan fingerprint density at radius 3 is 2.33 bits per heavy atom. The molecule has 2 nitrogen and oxygen atoms in total. The summed E-state index contributed by atoms with van der Waals surface area (Å²) in [5.41, 5.74) is 0.296. The predicted molar refractivity (Wildman–Crippen MR) is 80.4 cm³/mol. The topological polar surface area (TPSA) is 15.3 Å². The molecule has 1 unspecified atom stereocenters. The number of nitrogens with zero attached hydrogens (tertiary/aromatic N) is 1. The van der Waals surface area contributed by atoms with E-state index in [1.807, 2.05) is 11.3 Å². The largest absolute Gasteiger partial charge is 0.311 e. The minimum absolute atomic E-state index is 0.296. The molecular formula is C15H26N2S. The van der Waals surface area contributed by atoms with Gasteiger partial charge in [0.2, 0.25) is 0 Å². The van der Waals surface area contributed by atoms with E-state index in [0.717, 1.165) is 0 Å². The molecule has 0 aliphatic heterocycles. The van der Waals surface area contributed by atoms with Gasteiger partial charge in [-0.05, 0) is 53.0 Å². The molecule has 2 rings (SSSR count). The molecule has 1 aliphatic carbocycles. The van der Waals surface area contributed by atoms with Gasteiger partial charge in [-0.1, -0.05) is 19.3 Å². The highest BCUT2D eigenvalue weighted by molar-refractivity contribution is 7.12. The fraction of sp³-hybridized carbons (Fsp3) is 0.733. The summed E-state index contributed by atoms with van der Waals surface area (Å²) in [6.45, 7) is 2.20. The van der Waals surface area contributed by atoms with E-state index in [0.29, 0.717) is 11.6 Å². The summed E-state index contributed by atoms with van der Waals surface area (Å²) in [6, 6.07) is 5.02. The Morgan fingerprint density at radius 2 is 1.89 bits per heavy atom. The SMILES string of the molecule is CNC(c1ccc(C)s1)C1(N(C)C)CCCCC1. The van der Waals surface area contributed by atoms with Crippen molar-refractivity contribution in [2.75, 3.05) is 21.1 Å². The van der Waals surface area contributed by atoms with Gasteiger partial charge in [0.05, 0.1) is 6.04 Å². The fourth-order valence-corrected chi connectivity index (χ4v) is 4.54. The van der Waals surface area contributed by atoms with E-state index in [-0.39, 0.29) is 0 Å². The first-order valence-corrected chi connectivity index (χ1v) is 7.83. The number of aryl methyl sites for hydroxylation is 1. The molecule has 1 saturated carbocycles. The number of hydrogen-bond donors (Lipinski definition) is 1. The van der Waals surface area contributed by atoms with E-state index in [2.05, 4.69) is 50.4 Å². The Hall–Kier alpha value is -0.380. The molecule has 1 aliphatic rings. The molecular weight excluding hydrogens is 240 g/mol. The minimum Gasteiger partial charge on any atom is -0.311 e. The van der Waals surface area contributed by atoms with E-state index in [4.69, 9.17) is 0 Å². The molecule has 18 heavy (non-hydrogen) atoms. The van der Waals surface area contributed by atoms with Crippen LogP contribution >= 0.6 is 11.3 Å². The fourth-order valence-electron chi connectivity index (χ4n) is 3.44. The maximum atomic E-state index is 3.59. The van der Waals surface area contributed by atoms with E-state index in [1.54, 1.807) is 0 Å². The van der Waals surface area contributed by atoms with Crippen molar-refractivity contribution in [1.82, 2.24) is 10.2 Å². The van der Waals surface area contributed by atoms with E-state index in [9.17, 15) is 0 Å². The summed E-state index contributed by atoms with van der Waals surface area (Å²) in [4.78, 5) is 5.36. The van der Waals surface area contributed by atoms with Gasteiger partial charge in [-0.3, -0.25) is 0 Å². The quantitative estimate of drug-likeness (QED) is 0.896. The first-order chi connectivity index (χ1) is 8.60. The Kier molecular flexibility index (Phi) is 4.46. The van der Waals surface area contributed by atoms with Crippen LogP contribution in [0.3, 0.4) is 0 Å². The number of nitrogens with one attached hydrogen (secondary N) is 1. The van der Waals surface area contributed by atoms with E-state index < -0.39 is 0 Å². The molecule has 1 heterocycles. The maximum absolute atomic E-state index is 3.59. The molecule has 1 fully saturated rings. The molecule has 0 amide bonds. The van der Waals surface area contributed by atoms with Gasteiger partial charge in [-0.15, -0.1) is 11.3 Å². The van der Waals surface area contributed by atoms with Crippen LogP contribution in [0.15, 0.2) is 12.1 Å². The van der Waals surface area contributed by atoms with Gasteiger partial charge in [-0.25, -0.2) is 0 Å². The van der Waals surface area contributed by atoms with Crippen LogP contribution in [0.1, 0.15) is 47.9 Å². The molecule has 0 saturated heterocycles. The zero-order valence-electron chi connectivity index (χ0n) is 12.1. The normalized spacial score (nSPS) is 21.2. The summed E-state index contributed by atoms with van der Waals surface area (Å²) in [5.74, 6) is 0. The lowest BCUT2D eigenvalue weighted by molar-refractivity contribution is 0.0607. The summed E-state index contributed by atoms with van der Waals surface area (Å²) in [5, 5.41) is 3.59. The molecule has 1 aromatic rings. The van der Waals surface area contributed by atoms with Gasteiger partial charge in [-0.2, -0.15) is 0 Å². The number of thiophene rings is 1. The molecule has 1 aromatic heterocycles. The van der Waals surface area contributed by atoms with Crippen LogP contribution in [-0.2, 0) is 0 Å². The second-order valence-corrected chi connectivity index (χ2v) is 7.05. The molecule has 1 atom stereocenters. The third kappa shape index (κ3) is 2.49. The van der Waals surface area contributed by atoms with Crippen molar-refractivity contribution in [2.45, 2.75) is 50.6 Å². The lowest BCUT2D eigenvalue weighted by Gasteiger charge is -2.48. The highest BCUT2D eigenvalue weighted by Crippen LogP contribution is 2.43. The van der Waals surface area contributed by atoms with Gasteiger partial charge in [0.1, 0.15) is 0 Å². The molecule has 0 aromatic carbocycles. The molecule has 1 N–H and O–H groups in total. The van der Waals surface area contributed by atoms with Crippen LogP contribution < -0.4 is 5.32 Å². The zero-order valence-corrected chi connectivity index (χ0v) is 12.9. The summed E-state index contributed by atoms with van der Waals surface area (Å²) < 4.78 is 0. The number of rotatable bonds is 4. The van der Waals surface area contributed by atoms with Crippen molar-refractivity contribution in [1.29, 1.82) is 0 Å². The Morgan fingerprint density at radius 1 is 1.22 bits per heavy atom. The van der Waals surface area contributed by atoms with Gasteiger partial charge >= 0.3 is 0 Å². The van der Waals surface area contributed by atoms with Gasteiger partial charge in [0.15, 0.2) is 0 Å². The summed E-state index contributed by atoms with van der Waals surface area (Å²) >= 11 is 1.94. The van der Waals surface area contributed by atoms with Crippen LogP contribution in [-0.4, -0.2) is 31.6 Å². The lowest BCUT2D eigenvalue weighted by Crippen LogP contribution is -2.54. The average molecular weight is 266 g/mol.